The van der Waals surface area contributed by atoms with Gasteiger partial charge in [-0.05, 0) is 63.5 Å². The van der Waals surface area contributed by atoms with Crippen molar-refractivity contribution in [3.63, 3.8) is 0 Å². The van der Waals surface area contributed by atoms with Crippen molar-refractivity contribution in [2.75, 3.05) is 51.2 Å². The predicted octanol–water partition coefficient (Wildman–Crippen LogP) is 2.38. The Hall–Kier alpha value is -1.55. The highest BCUT2D eigenvalue weighted by Crippen LogP contribution is 2.22. The number of piperazine rings is 1. The van der Waals surface area contributed by atoms with Crippen LogP contribution >= 0.6 is 0 Å². The number of carbonyl (C=O) groups is 1. The molecule has 4 nitrogen and oxygen atoms in total. The molecule has 0 aromatic heterocycles. The lowest BCUT2D eigenvalue weighted by Gasteiger charge is -2.37. The molecule has 0 unspecified atom stereocenters. The minimum atomic E-state index is 0.364. The van der Waals surface area contributed by atoms with Crippen molar-refractivity contribution in [1.82, 2.24) is 9.80 Å². The van der Waals surface area contributed by atoms with Crippen LogP contribution in [0.15, 0.2) is 24.3 Å². The van der Waals surface area contributed by atoms with Crippen LogP contribution < -0.4 is 4.90 Å². The zero-order valence-electron chi connectivity index (χ0n) is 14.5. The summed E-state index contributed by atoms with van der Waals surface area (Å²) in [7, 11) is 2.17. The lowest BCUT2D eigenvalue weighted by molar-refractivity contribution is -0.132. The topological polar surface area (TPSA) is 26.8 Å². The van der Waals surface area contributed by atoms with Gasteiger partial charge in [0.25, 0.3) is 0 Å². The predicted molar refractivity (Wildman–Crippen MR) is 94.8 cm³/mol. The first kappa shape index (κ1) is 16.3. The molecule has 1 amide bonds. The van der Waals surface area contributed by atoms with Crippen LogP contribution in [0.1, 0.15) is 24.8 Å². The Morgan fingerprint density at radius 1 is 1.09 bits per heavy atom. The molecule has 2 aliphatic rings. The lowest BCUT2D eigenvalue weighted by Crippen LogP contribution is -2.49. The minimum absolute atomic E-state index is 0.364. The molecule has 0 spiro atoms. The van der Waals surface area contributed by atoms with E-state index in [9.17, 15) is 4.79 Å². The van der Waals surface area contributed by atoms with Crippen LogP contribution in [0, 0.1) is 12.8 Å². The van der Waals surface area contributed by atoms with Crippen LogP contribution in [-0.4, -0.2) is 62.0 Å². The minimum Gasteiger partial charge on any atom is -0.368 e. The molecule has 3 rings (SSSR count). The highest BCUT2D eigenvalue weighted by Gasteiger charge is 2.25. The molecule has 23 heavy (non-hydrogen) atoms. The third kappa shape index (κ3) is 4.25. The van der Waals surface area contributed by atoms with Crippen molar-refractivity contribution < 1.29 is 4.79 Å². The second-order valence-electron chi connectivity index (χ2n) is 7.16. The molecule has 1 aromatic carbocycles. The lowest BCUT2D eigenvalue weighted by atomic mass is 9.93. The van der Waals surface area contributed by atoms with Crippen LogP contribution in [-0.2, 0) is 4.79 Å². The molecule has 2 saturated heterocycles. The Morgan fingerprint density at radius 3 is 2.43 bits per heavy atom. The second-order valence-corrected chi connectivity index (χ2v) is 7.16. The van der Waals surface area contributed by atoms with Crippen LogP contribution in [0.25, 0.3) is 0 Å². The smallest absolute Gasteiger partial charge is 0.222 e. The van der Waals surface area contributed by atoms with Crippen LogP contribution in [0.4, 0.5) is 5.69 Å². The van der Waals surface area contributed by atoms with E-state index in [1.807, 2.05) is 0 Å². The molecule has 0 saturated carbocycles. The standard InChI is InChI=1S/C19H29N3O/c1-16-4-3-5-18(14-16)21-10-12-22(13-11-21)19(23)15-17-6-8-20(2)9-7-17/h3-5,14,17H,6-13,15H2,1-2H3. The second kappa shape index (κ2) is 7.35. The van der Waals surface area contributed by atoms with Crippen molar-refractivity contribution in [3.05, 3.63) is 29.8 Å². The van der Waals surface area contributed by atoms with Gasteiger partial charge in [-0.15, -0.1) is 0 Å². The number of hydrogen-bond acceptors (Lipinski definition) is 3. The number of carbonyl (C=O) groups excluding carboxylic acids is 1. The van der Waals surface area contributed by atoms with Crippen molar-refractivity contribution >= 4 is 11.6 Å². The zero-order chi connectivity index (χ0) is 16.2. The van der Waals surface area contributed by atoms with Gasteiger partial charge in [0.05, 0.1) is 0 Å². The van der Waals surface area contributed by atoms with E-state index >= 15 is 0 Å². The van der Waals surface area contributed by atoms with Crippen molar-refractivity contribution in [1.29, 1.82) is 0 Å². The van der Waals surface area contributed by atoms with Gasteiger partial charge < -0.3 is 14.7 Å². The van der Waals surface area contributed by atoms with Crippen molar-refractivity contribution in [2.24, 2.45) is 5.92 Å². The number of benzene rings is 1. The van der Waals surface area contributed by atoms with Gasteiger partial charge in [0.1, 0.15) is 0 Å². The third-order valence-electron chi connectivity index (χ3n) is 5.30. The first-order valence-corrected chi connectivity index (χ1v) is 8.90. The molecular weight excluding hydrogens is 286 g/mol. The van der Waals surface area contributed by atoms with Gasteiger partial charge in [-0.1, -0.05) is 12.1 Å². The first-order chi connectivity index (χ1) is 11.1. The number of nitrogens with zero attached hydrogens (tertiary/aromatic N) is 3. The van der Waals surface area contributed by atoms with E-state index in [0.29, 0.717) is 11.8 Å². The van der Waals surface area contributed by atoms with Crippen molar-refractivity contribution in [3.8, 4) is 0 Å². The molecule has 0 radical (unpaired) electrons. The fourth-order valence-corrected chi connectivity index (χ4v) is 3.68. The molecule has 126 valence electrons. The molecule has 1 aromatic rings. The number of hydrogen-bond donors (Lipinski definition) is 0. The summed E-state index contributed by atoms with van der Waals surface area (Å²) in [5.41, 5.74) is 2.58. The maximum atomic E-state index is 12.5. The fraction of sp³-hybridized carbons (Fsp3) is 0.632. The summed E-state index contributed by atoms with van der Waals surface area (Å²) in [6, 6.07) is 8.65. The van der Waals surface area contributed by atoms with E-state index in [1.165, 1.54) is 24.1 Å². The normalized spacial score (nSPS) is 20.8. The number of piperidine rings is 1. The molecule has 0 N–H and O–H groups in total. The number of aryl methyl sites for hydroxylation is 1. The van der Waals surface area contributed by atoms with Gasteiger partial charge in [0.15, 0.2) is 0 Å². The highest BCUT2D eigenvalue weighted by atomic mass is 16.2. The average molecular weight is 315 g/mol. The quantitative estimate of drug-likeness (QED) is 0.857. The Bertz CT molecular complexity index is 529. The van der Waals surface area contributed by atoms with E-state index in [1.54, 1.807) is 0 Å². The molecule has 0 aliphatic carbocycles. The molecule has 0 bridgehead atoms. The molecule has 2 aliphatic heterocycles. The van der Waals surface area contributed by atoms with E-state index in [-0.39, 0.29) is 0 Å². The van der Waals surface area contributed by atoms with Crippen molar-refractivity contribution in [2.45, 2.75) is 26.2 Å². The summed E-state index contributed by atoms with van der Waals surface area (Å²) in [5, 5.41) is 0. The van der Waals surface area contributed by atoms with Crippen LogP contribution in [0.2, 0.25) is 0 Å². The molecule has 2 heterocycles. The summed E-state index contributed by atoms with van der Waals surface area (Å²) in [4.78, 5) is 19.4. The fourth-order valence-electron chi connectivity index (χ4n) is 3.68. The number of likely N-dealkylation sites (tertiary alicyclic amines) is 1. The monoisotopic (exact) mass is 315 g/mol. The van der Waals surface area contributed by atoms with Crippen LogP contribution in [0.5, 0.6) is 0 Å². The van der Waals surface area contributed by atoms with Gasteiger partial charge >= 0.3 is 0 Å². The summed E-state index contributed by atoms with van der Waals surface area (Å²) in [6.45, 7) is 8.02. The summed E-state index contributed by atoms with van der Waals surface area (Å²) in [6.07, 6.45) is 3.09. The van der Waals surface area contributed by atoms with E-state index in [4.69, 9.17) is 0 Å². The summed E-state index contributed by atoms with van der Waals surface area (Å²) in [5.74, 6) is 0.956. The van der Waals surface area contributed by atoms with Gasteiger partial charge in [0, 0.05) is 38.3 Å². The van der Waals surface area contributed by atoms with E-state index in [2.05, 4.69) is 52.9 Å². The number of rotatable bonds is 3. The van der Waals surface area contributed by atoms with Gasteiger partial charge in [-0.3, -0.25) is 4.79 Å². The van der Waals surface area contributed by atoms with Gasteiger partial charge in [0.2, 0.25) is 5.91 Å². The third-order valence-corrected chi connectivity index (χ3v) is 5.30. The number of anilines is 1. The van der Waals surface area contributed by atoms with E-state index in [0.717, 1.165) is 45.7 Å². The maximum absolute atomic E-state index is 12.5. The largest absolute Gasteiger partial charge is 0.368 e. The first-order valence-electron chi connectivity index (χ1n) is 8.90. The highest BCUT2D eigenvalue weighted by molar-refractivity contribution is 5.76. The maximum Gasteiger partial charge on any atom is 0.222 e. The molecular formula is C19H29N3O. The molecule has 4 heteroatoms. The summed E-state index contributed by atoms with van der Waals surface area (Å²) >= 11 is 0. The zero-order valence-corrected chi connectivity index (χ0v) is 14.5. The molecule has 2 fully saturated rings. The van der Waals surface area contributed by atoms with Gasteiger partial charge in [-0.2, -0.15) is 0 Å². The number of amides is 1. The van der Waals surface area contributed by atoms with Crippen LogP contribution in [0.3, 0.4) is 0 Å². The Kier molecular flexibility index (Phi) is 5.21. The Labute approximate surface area is 140 Å². The Balaban J connectivity index is 1.47. The van der Waals surface area contributed by atoms with Gasteiger partial charge in [-0.25, -0.2) is 0 Å². The van der Waals surface area contributed by atoms with E-state index < -0.39 is 0 Å². The average Bonchev–Trinajstić information content (AvgIpc) is 2.57. The Morgan fingerprint density at radius 2 is 1.78 bits per heavy atom. The SMILES string of the molecule is Cc1cccc(N2CCN(C(=O)CC3CCN(C)CC3)CC2)c1. The summed E-state index contributed by atoms with van der Waals surface area (Å²) < 4.78 is 0. The molecule has 0 atom stereocenters.